The second-order valence-corrected chi connectivity index (χ2v) is 3.75. The van der Waals surface area contributed by atoms with Crippen molar-refractivity contribution in [1.29, 1.82) is 0 Å². The SMILES string of the molecule is CN=C(NCc1nccn1C(F)F)NC(C)C.I. The van der Waals surface area contributed by atoms with Crippen LogP contribution in [0.25, 0.3) is 0 Å². The lowest BCUT2D eigenvalue weighted by atomic mass is 10.4. The summed E-state index contributed by atoms with van der Waals surface area (Å²) in [7, 11) is 1.62. The first-order valence-electron chi connectivity index (χ1n) is 5.31. The van der Waals surface area contributed by atoms with E-state index in [4.69, 9.17) is 0 Å². The molecule has 0 saturated carbocycles. The first-order chi connectivity index (χ1) is 8.04. The molecule has 0 aliphatic rings. The molecular weight excluding hydrogens is 355 g/mol. The minimum absolute atomic E-state index is 0. The second-order valence-electron chi connectivity index (χ2n) is 3.75. The molecule has 0 fully saturated rings. The Morgan fingerprint density at radius 1 is 1.50 bits per heavy atom. The lowest BCUT2D eigenvalue weighted by Gasteiger charge is -2.14. The first kappa shape index (κ1) is 17.1. The van der Waals surface area contributed by atoms with Gasteiger partial charge in [-0.2, -0.15) is 8.78 Å². The number of aliphatic imine (C=N–C) groups is 1. The molecule has 2 N–H and O–H groups in total. The summed E-state index contributed by atoms with van der Waals surface area (Å²) in [6, 6.07) is 0.219. The van der Waals surface area contributed by atoms with Gasteiger partial charge >= 0.3 is 6.55 Å². The molecular formula is C10H18F2IN5. The van der Waals surface area contributed by atoms with E-state index in [1.165, 1.54) is 12.4 Å². The average molecular weight is 373 g/mol. The first-order valence-corrected chi connectivity index (χ1v) is 5.31. The highest BCUT2D eigenvalue weighted by molar-refractivity contribution is 14.0. The van der Waals surface area contributed by atoms with Crippen LogP contribution in [0, 0.1) is 0 Å². The minimum Gasteiger partial charge on any atom is -0.354 e. The third kappa shape index (κ3) is 5.15. The van der Waals surface area contributed by atoms with Gasteiger partial charge < -0.3 is 10.6 Å². The Labute approximate surface area is 122 Å². The van der Waals surface area contributed by atoms with E-state index in [1.807, 2.05) is 13.8 Å². The summed E-state index contributed by atoms with van der Waals surface area (Å²) in [5.41, 5.74) is 0. The molecule has 0 unspecified atom stereocenters. The predicted octanol–water partition coefficient (Wildman–Crippen LogP) is 1.97. The van der Waals surface area contributed by atoms with Gasteiger partial charge in [0.1, 0.15) is 5.82 Å². The fourth-order valence-electron chi connectivity index (χ4n) is 1.29. The lowest BCUT2D eigenvalue weighted by molar-refractivity contribution is 0.0668. The van der Waals surface area contributed by atoms with Crippen LogP contribution in [0.2, 0.25) is 0 Å². The van der Waals surface area contributed by atoms with Gasteiger partial charge in [-0.1, -0.05) is 0 Å². The van der Waals surface area contributed by atoms with E-state index in [2.05, 4.69) is 20.6 Å². The summed E-state index contributed by atoms with van der Waals surface area (Å²) in [5, 5.41) is 5.98. The number of nitrogens with one attached hydrogen (secondary N) is 2. The predicted molar refractivity (Wildman–Crippen MR) is 77.4 cm³/mol. The molecule has 104 valence electrons. The number of hydrogen-bond acceptors (Lipinski definition) is 2. The smallest absolute Gasteiger partial charge is 0.319 e. The maximum Gasteiger partial charge on any atom is 0.319 e. The Morgan fingerprint density at radius 2 is 2.17 bits per heavy atom. The van der Waals surface area contributed by atoms with Crippen molar-refractivity contribution in [3.8, 4) is 0 Å². The van der Waals surface area contributed by atoms with Crippen molar-refractivity contribution in [2.75, 3.05) is 7.05 Å². The van der Waals surface area contributed by atoms with Gasteiger partial charge in [0, 0.05) is 25.5 Å². The molecule has 1 aromatic rings. The maximum atomic E-state index is 12.5. The number of nitrogens with zero attached hydrogens (tertiary/aromatic N) is 3. The topological polar surface area (TPSA) is 54.2 Å². The molecule has 5 nitrogen and oxygen atoms in total. The zero-order chi connectivity index (χ0) is 12.8. The molecule has 8 heteroatoms. The lowest BCUT2D eigenvalue weighted by Crippen LogP contribution is -2.41. The monoisotopic (exact) mass is 373 g/mol. The van der Waals surface area contributed by atoms with Gasteiger partial charge in [0.2, 0.25) is 0 Å². The van der Waals surface area contributed by atoms with E-state index >= 15 is 0 Å². The highest BCUT2D eigenvalue weighted by atomic mass is 127. The minimum atomic E-state index is -2.57. The molecule has 0 aromatic carbocycles. The molecule has 1 rings (SSSR count). The average Bonchev–Trinajstić information content (AvgIpc) is 2.71. The van der Waals surface area contributed by atoms with E-state index in [9.17, 15) is 8.78 Å². The zero-order valence-electron chi connectivity index (χ0n) is 10.5. The van der Waals surface area contributed by atoms with Crippen molar-refractivity contribution in [2.45, 2.75) is 33.0 Å². The van der Waals surface area contributed by atoms with Crippen LogP contribution < -0.4 is 10.6 Å². The Morgan fingerprint density at radius 3 is 2.67 bits per heavy atom. The van der Waals surface area contributed by atoms with Gasteiger partial charge in [0.25, 0.3) is 0 Å². The van der Waals surface area contributed by atoms with Crippen molar-refractivity contribution in [2.24, 2.45) is 4.99 Å². The van der Waals surface area contributed by atoms with Gasteiger partial charge in [-0.25, -0.2) is 4.98 Å². The van der Waals surface area contributed by atoms with Crippen molar-refractivity contribution in [3.63, 3.8) is 0 Å². The van der Waals surface area contributed by atoms with E-state index in [-0.39, 0.29) is 42.4 Å². The van der Waals surface area contributed by atoms with Crippen molar-refractivity contribution in [3.05, 3.63) is 18.2 Å². The number of alkyl halides is 2. The molecule has 0 atom stereocenters. The Kier molecular flexibility index (Phi) is 7.80. The molecule has 0 amide bonds. The Bertz CT molecular complexity index is 378. The van der Waals surface area contributed by atoms with Crippen LogP contribution in [0.5, 0.6) is 0 Å². The molecule has 0 aliphatic heterocycles. The molecule has 18 heavy (non-hydrogen) atoms. The van der Waals surface area contributed by atoms with Gasteiger partial charge in [0.15, 0.2) is 5.96 Å². The van der Waals surface area contributed by atoms with Gasteiger partial charge in [-0.15, -0.1) is 24.0 Å². The second kappa shape index (κ2) is 8.22. The molecule has 0 aliphatic carbocycles. The maximum absolute atomic E-state index is 12.5. The standard InChI is InChI=1S/C10H17F2N5.HI/c1-7(2)16-10(13-3)15-6-8-14-4-5-17(8)9(11)12;/h4-5,7,9H,6H2,1-3H3,(H2,13,15,16);1H. The summed E-state index contributed by atoms with van der Waals surface area (Å²) >= 11 is 0. The fraction of sp³-hybridized carbons (Fsp3) is 0.600. The summed E-state index contributed by atoms with van der Waals surface area (Å²) < 4.78 is 25.9. The summed E-state index contributed by atoms with van der Waals surface area (Å²) in [6.07, 6.45) is 2.60. The molecule has 0 saturated heterocycles. The molecule has 0 spiro atoms. The van der Waals surface area contributed by atoms with Crippen LogP contribution in [0.3, 0.4) is 0 Å². The molecule has 0 radical (unpaired) electrons. The van der Waals surface area contributed by atoms with Gasteiger partial charge in [-0.05, 0) is 13.8 Å². The number of hydrogen-bond donors (Lipinski definition) is 2. The molecule has 1 aromatic heterocycles. The highest BCUT2D eigenvalue weighted by Gasteiger charge is 2.11. The number of aromatic nitrogens is 2. The quantitative estimate of drug-likeness (QED) is 0.482. The van der Waals surface area contributed by atoms with Crippen LogP contribution in [-0.2, 0) is 6.54 Å². The van der Waals surface area contributed by atoms with Crippen molar-refractivity contribution in [1.82, 2.24) is 20.2 Å². The van der Waals surface area contributed by atoms with Crippen LogP contribution in [0.1, 0.15) is 26.2 Å². The Balaban J connectivity index is 0.00000289. The van der Waals surface area contributed by atoms with E-state index < -0.39 is 6.55 Å². The summed E-state index contributed by atoms with van der Waals surface area (Å²) in [6.45, 7) is 1.55. The van der Waals surface area contributed by atoms with E-state index in [0.717, 1.165) is 4.57 Å². The normalized spacial score (nSPS) is 11.6. The van der Waals surface area contributed by atoms with Crippen LogP contribution in [0.4, 0.5) is 8.78 Å². The molecule has 1 heterocycles. The van der Waals surface area contributed by atoms with Gasteiger partial charge in [0.05, 0.1) is 6.54 Å². The van der Waals surface area contributed by atoms with E-state index in [1.54, 1.807) is 7.05 Å². The summed E-state index contributed by atoms with van der Waals surface area (Å²) in [4.78, 5) is 7.83. The van der Waals surface area contributed by atoms with E-state index in [0.29, 0.717) is 5.96 Å². The fourth-order valence-corrected chi connectivity index (χ4v) is 1.29. The van der Waals surface area contributed by atoms with Crippen LogP contribution >= 0.6 is 24.0 Å². The summed E-state index contributed by atoms with van der Waals surface area (Å²) in [5.74, 6) is 0.829. The molecule has 0 bridgehead atoms. The number of guanidine groups is 1. The number of halogens is 3. The largest absolute Gasteiger partial charge is 0.354 e. The highest BCUT2D eigenvalue weighted by Crippen LogP contribution is 2.11. The third-order valence-corrected chi connectivity index (χ3v) is 2.02. The Hall–Kier alpha value is -0.930. The van der Waals surface area contributed by atoms with Crippen molar-refractivity contribution < 1.29 is 8.78 Å². The van der Waals surface area contributed by atoms with Crippen molar-refractivity contribution >= 4 is 29.9 Å². The van der Waals surface area contributed by atoms with Crippen LogP contribution in [0.15, 0.2) is 17.4 Å². The van der Waals surface area contributed by atoms with Gasteiger partial charge in [-0.3, -0.25) is 9.56 Å². The number of imidazole rings is 1. The number of rotatable bonds is 4. The zero-order valence-corrected chi connectivity index (χ0v) is 12.9. The third-order valence-electron chi connectivity index (χ3n) is 2.02. The van der Waals surface area contributed by atoms with Crippen LogP contribution in [-0.4, -0.2) is 28.6 Å².